The third-order valence-electron chi connectivity index (χ3n) is 7.04. The zero-order chi connectivity index (χ0) is 27.8. The van der Waals surface area contributed by atoms with Crippen molar-refractivity contribution in [3.63, 3.8) is 0 Å². The first-order valence-corrected chi connectivity index (χ1v) is 14.2. The largest absolute Gasteiger partial charge is 0.463 e. The van der Waals surface area contributed by atoms with Crippen molar-refractivity contribution in [2.75, 3.05) is 6.61 Å². The predicted octanol–water partition coefficient (Wildman–Crippen LogP) is 5.45. The Bertz CT molecular complexity index is 1970. The molecule has 0 bridgehead atoms. The number of benzene rings is 3. The van der Waals surface area contributed by atoms with E-state index in [0.717, 1.165) is 27.7 Å². The first-order valence-electron chi connectivity index (χ1n) is 13.0. The van der Waals surface area contributed by atoms with Crippen molar-refractivity contribution in [3.05, 3.63) is 138 Å². The van der Waals surface area contributed by atoms with Gasteiger partial charge in [0, 0.05) is 28.2 Å². The number of rotatable bonds is 6. The van der Waals surface area contributed by atoms with Crippen LogP contribution >= 0.6 is 22.9 Å². The van der Waals surface area contributed by atoms with Crippen LogP contribution in [0.25, 0.3) is 17.0 Å². The summed E-state index contributed by atoms with van der Waals surface area (Å²) >= 11 is 7.84. The van der Waals surface area contributed by atoms with Crippen molar-refractivity contribution in [3.8, 4) is 0 Å². The number of thiazole rings is 1. The minimum Gasteiger partial charge on any atom is -0.463 e. The second kappa shape index (κ2) is 10.8. The van der Waals surface area contributed by atoms with E-state index in [-0.39, 0.29) is 12.2 Å². The van der Waals surface area contributed by atoms with Crippen molar-refractivity contribution < 1.29 is 9.53 Å². The number of esters is 1. The molecule has 6 nitrogen and oxygen atoms in total. The molecule has 0 aliphatic carbocycles. The fourth-order valence-electron chi connectivity index (χ4n) is 5.20. The predicted molar refractivity (Wildman–Crippen MR) is 159 cm³/mol. The van der Waals surface area contributed by atoms with Crippen LogP contribution in [-0.4, -0.2) is 21.7 Å². The molecule has 0 unspecified atom stereocenters. The topological polar surface area (TPSA) is 65.6 Å². The Balaban J connectivity index is 1.55. The van der Waals surface area contributed by atoms with Gasteiger partial charge in [0.25, 0.3) is 5.56 Å². The molecule has 1 atom stereocenters. The standard InChI is InChI=1S/C32H26ClN3O3S/c1-3-39-31(38)28-20(2)34-32-36(29(28)21-11-5-4-6-12-21)30(37)27(40-32)18-24-17-22-13-8-10-16-26(22)35(24)19-23-14-7-9-15-25(23)33/h4-18,29H,3,19H2,1-2H3/b27-18+/t29-/m0/s1. The molecule has 0 amide bonds. The van der Waals surface area contributed by atoms with Crippen LogP contribution in [-0.2, 0) is 16.1 Å². The summed E-state index contributed by atoms with van der Waals surface area (Å²) in [6, 6.07) is 26.9. The fraction of sp³-hybridized carbons (Fsp3) is 0.156. The molecule has 5 aromatic rings. The number of aromatic nitrogens is 2. The molecule has 0 saturated carbocycles. The quantitative estimate of drug-likeness (QED) is 0.256. The van der Waals surface area contributed by atoms with E-state index in [1.54, 1.807) is 18.4 Å². The van der Waals surface area contributed by atoms with E-state index in [9.17, 15) is 9.59 Å². The molecule has 40 heavy (non-hydrogen) atoms. The molecule has 3 heterocycles. The lowest BCUT2D eigenvalue weighted by atomic mass is 9.96. The molecule has 6 rings (SSSR count). The Morgan fingerprint density at radius 2 is 1.77 bits per heavy atom. The Kier molecular flexibility index (Phi) is 7.00. The number of para-hydroxylation sites is 1. The number of allylic oxidation sites excluding steroid dienone is 1. The van der Waals surface area contributed by atoms with Crippen molar-refractivity contribution in [2.45, 2.75) is 26.4 Å². The Hall–Kier alpha value is -4.20. The maximum absolute atomic E-state index is 14.1. The summed E-state index contributed by atoms with van der Waals surface area (Å²) in [5.41, 5.74) is 4.45. The molecule has 0 N–H and O–H groups in total. The lowest BCUT2D eigenvalue weighted by Crippen LogP contribution is -2.40. The second-order valence-corrected chi connectivity index (χ2v) is 10.9. The van der Waals surface area contributed by atoms with Crippen LogP contribution in [0.15, 0.2) is 106 Å². The van der Waals surface area contributed by atoms with Gasteiger partial charge in [-0.25, -0.2) is 9.79 Å². The van der Waals surface area contributed by atoms with Gasteiger partial charge in [0.15, 0.2) is 4.80 Å². The summed E-state index contributed by atoms with van der Waals surface area (Å²) in [6.45, 7) is 4.34. The Morgan fingerprint density at radius 3 is 2.55 bits per heavy atom. The average Bonchev–Trinajstić information content (AvgIpc) is 3.46. The summed E-state index contributed by atoms with van der Waals surface area (Å²) in [4.78, 5) is 32.4. The summed E-state index contributed by atoms with van der Waals surface area (Å²) in [5, 5.41) is 1.76. The van der Waals surface area contributed by atoms with Crippen molar-refractivity contribution in [1.82, 2.24) is 9.13 Å². The molecule has 3 aromatic carbocycles. The first-order chi connectivity index (χ1) is 19.5. The van der Waals surface area contributed by atoms with Gasteiger partial charge < -0.3 is 9.30 Å². The SMILES string of the molecule is CCOC(=O)C1=C(C)N=c2s/c(=C/c3cc4ccccc4n3Cc3ccccc3Cl)c(=O)n2[C@H]1c1ccccc1. The minimum atomic E-state index is -0.632. The van der Waals surface area contributed by atoms with Crippen LogP contribution in [0.2, 0.25) is 5.02 Å². The van der Waals surface area contributed by atoms with Crippen molar-refractivity contribution in [2.24, 2.45) is 4.99 Å². The van der Waals surface area contributed by atoms with Gasteiger partial charge in [-0.05, 0) is 49.2 Å². The summed E-state index contributed by atoms with van der Waals surface area (Å²) in [5.74, 6) is -0.466. The molecule has 1 aliphatic heterocycles. The van der Waals surface area contributed by atoms with E-state index in [0.29, 0.717) is 32.2 Å². The highest BCUT2D eigenvalue weighted by atomic mass is 35.5. The van der Waals surface area contributed by atoms with E-state index in [2.05, 4.69) is 27.8 Å². The third kappa shape index (κ3) is 4.61. The van der Waals surface area contributed by atoms with Gasteiger partial charge in [0.1, 0.15) is 0 Å². The normalized spacial score (nSPS) is 15.3. The smallest absolute Gasteiger partial charge is 0.338 e. The zero-order valence-corrected chi connectivity index (χ0v) is 23.6. The van der Waals surface area contributed by atoms with Crippen molar-refractivity contribution >= 4 is 45.9 Å². The van der Waals surface area contributed by atoms with Crippen LogP contribution in [0.1, 0.15) is 36.7 Å². The van der Waals surface area contributed by atoms with E-state index < -0.39 is 12.0 Å². The lowest BCUT2D eigenvalue weighted by Gasteiger charge is -2.24. The van der Waals surface area contributed by atoms with Crippen LogP contribution < -0.4 is 14.9 Å². The van der Waals surface area contributed by atoms with Crippen LogP contribution in [0.3, 0.4) is 0 Å². The van der Waals surface area contributed by atoms with Gasteiger partial charge in [-0.2, -0.15) is 0 Å². The summed E-state index contributed by atoms with van der Waals surface area (Å²) in [6.07, 6.45) is 1.91. The number of carbonyl (C=O) groups excluding carboxylic acids is 1. The first kappa shape index (κ1) is 26.0. The van der Waals surface area contributed by atoms with E-state index >= 15 is 0 Å². The van der Waals surface area contributed by atoms with Gasteiger partial charge in [-0.15, -0.1) is 0 Å². The van der Waals surface area contributed by atoms with E-state index in [1.807, 2.05) is 72.8 Å². The van der Waals surface area contributed by atoms with Gasteiger partial charge in [-0.3, -0.25) is 9.36 Å². The number of hydrogen-bond acceptors (Lipinski definition) is 5. The Morgan fingerprint density at radius 1 is 1.05 bits per heavy atom. The molecule has 0 spiro atoms. The van der Waals surface area contributed by atoms with Gasteiger partial charge in [-0.1, -0.05) is 89.7 Å². The highest BCUT2D eigenvalue weighted by molar-refractivity contribution is 7.07. The second-order valence-electron chi connectivity index (χ2n) is 9.52. The van der Waals surface area contributed by atoms with Gasteiger partial charge >= 0.3 is 5.97 Å². The number of nitrogens with zero attached hydrogens (tertiary/aromatic N) is 3. The molecule has 200 valence electrons. The number of hydrogen-bond donors (Lipinski definition) is 0. The minimum absolute atomic E-state index is 0.207. The highest BCUT2D eigenvalue weighted by Crippen LogP contribution is 2.30. The number of carbonyl (C=O) groups is 1. The highest BCUT2D eigenvalue weighted by Gasteiger charge is 2.33. The third-order valence-corrected chi connectivity index (χ3v) is 8.39. The van der Waals surface area contributed by atoms with Crippen molar-refractivity contribution in [1.29, 1.82) is 0 Å². The van der Waals surface area contributed by atoms with Crippen LogP contribution in [0, 0.1) is 0 Å². The van der Waals surface area contributed by atoms with Gasteiger partial charge in [0.05, 0.1) is 28.5 Å². The van der Waals surface area contributed by atoms with Crippen LogP contribution in [0.5, 0.6) is 0 Å². The number of fused-ring (bicyclic) bond motifs is 2. The number of ether oxygens (including phenoxy) is 1. The molecule has 1 aliphatic rings. The maximum atomic E-state index is 14.1. The van der Waals surface area contributed by atoms with Gasteiger partial charge in [0.2, 0.25) is 0 Å². The fourth-order valence-corrected chi connectivity index (χ4v) is 6.43. The molecule has 0 radical (unpaired) electrons. The number of halogens is 1. The Labute approximate surface area is 239 Å². The maximum Gasteiger partial charge on any atom is 0.338 e. The molecule has 8 heteroatoms. The lowest BCUT2D eigenvalue weighted by molar-refractivity contribution is -0.139. The average molecular weight is 568 g/mol. The molecule has 2 aromatic heterocycles. The molecular formula is C32H26ClN3O3S. The summed E-state index contributed by atoms with van der Waals surface area (Å²) in [7, 11) is 0. The zero-order valence-electron chi connectivity index (χ0n) is 22.0. The molecule has 0 fully saturated rings. The monoisotopic (exact) mass is 567 g/mol. The van der Waals surface area contributed by atoms with E-state index in [1.165, 1.54) is 11.3 Å². The van der Waals surface area contributed by atoms with E-state index in [4.69, 9.17) is 16.3 Å². The van der Waals surface area contributed by atoms with Crippen LogP contribution in [0.4, 0.5) is 0 Å². The molecule has 0 saturated heterocycles. The molecular weight excluding hydrogens is 542 g/mol. The summed E-state index contributed by atoms with van der Waals surface area (Å²) < 4.78 is 9.70.